The number of piperazine rings is 1. The van der Waals surface area contributed by atoms with Gasteiger partial charge in [-0.3, -0.25) is 14.2 Å². The Morgan fingerprint density at radius 1 is 1.33 bits per heavy atom. The van der Waals surface area contributed by atoms with Crippen molar-refractivity contribution >= 4 is 22.9 Å². The summed E-state index contributed by atoms with van der Waals surface area (Å²) in [5, 5.41) is 6.15. The molecule has 0 spiro atoms. The number of nitrogens with one attached hydrogen (secondary N) is 2. The number of carbonyl (C=O) groups excluding carboxylic acids is 2. The van der Waals surface area contributed by atoms with Crippen LogP contribution in [-0.4, -0.2) is 53.0 Å². The highest BCUT2D eigenvalue weighted by molar-refractivity contribution is 5.88. The second-order valence-electron chi connectivity index (χ2n) is 7.33. The Hall–Kier alpha value is -2.61. The van der Waals surface area contributed by atoms with Crippen LogP contribution in [0.2, 0.25) is 0 Å². The minimum absolute atomic E-state index is 0.0976. The number of fused-ring (bicyclic) bond motifs is 1. The molecule has 8 nitrogen and oxygen atoms in total. The van der Waals surface area contributed by atoms with Crippen molar-refractivity contribution in [1.29, 1.82) is 0 Å². The van der Waals surface area contributed by atoms with Crippen LogP contribution in [0.3, 0.4) is 0 Å². The van der Waals surface area contributed by atoms with Gasteiger partial charge in [0.25, 0.3) is 0 Å². The number of aryl methyl sites for hydroxylation is 2. The van der Waals surface area contributed by atoms with Crippen molar-refractivity contribution in [3.05, 3.63) is 34.3 Å². The molecule has 1 aromatic heterocycles. The number of amides is 2. The minimum atomic E-state index is -0.494. The summed E-state index contributed by atoms with van der Waals surface area (Å²) in [6, 6.07) is 5.28. The van der Waals surface area contributed by atoms with Gasteiger partial charge >= 0.3 is 5.76 Å². The third-order valence-electron chi connectivity index (χ3n) is 5.16. The van der Waals surface area contributed by atoms with Crippen LogP contribution in [0.15, 0.2) is 27.4 Å². The first-order valence-electron chi connectivity index (χ1n) is 9.43. The number of nitrogens with zero attached hydrogens (tertiary/aromatic N) is 2. The van der Waals surface area contributed by atoms with Crippen molar-refractivity contribution in [1.82, 2.24) is 20.1 Å². The molecule has 1 saturated carbocycles. The molecule has 0 unspecified atom stereocenters. The van der Waals surface area contributed by atoms with Crippen LogP contribution < -0.4 is 16.4 Å². The standard InChI is InChI=1S/C19H24N4O4/c1-12-2-5-16-14(10-12)23(19(26)27-16)8-6-17(24)22-9-7-20-11-15(22)18(25)21-13-3-4-13/h2,5,10,13,15,20H,3-4,6-9,11H2,1H3,(H,21,25)/t15-/m0/s1. The fourth-order valence-corrected chi connectivity index (χ4v) is 3.50. The summed E-state index contributed by atoms with van der Waals surface area (Å²) in [7, 11) is 0. The predicted molar refractivity (Wildman–Crippen MR) is 99.4 cm³/mol. The molecular weight excluding hydrogens is 348 g/mol. The lowest BCUT2D eigenvalue weighted by Gasteiger charge is -2.35. The second-order valence-corrected chi connectivity index (χ2v) is 7.33. The lowest BCUT2D eigenvalue weighted by molar-refractivity contribution is -0.141. The SMILES string of the molecule is Cc1ccc2oc(=O)n(CCC(=O)N3CCNC[C@H]3C(=O)NC3CC3)c2c1. The molecule has 2 N–H and O–H groups in total. The first-order chi connectivity index (χ1) is 13.0. The van der Waals surface area contributed by atoms with Gasteiger partial charge in [0, 0.05) is 38.6 Å². The van der Waals surface area contributed by atoms with Gasteiger partial charge < -0.3 is 20.0 Å². The maximum atomic E-state index is 12.8. The van der Waals surface area contributed by atoms with Crippen molar-refractivity contribution in [3.8, 4) is 0 Å². The highest BCUT2D eigenvalue weighted by atomic mass is 16.4. The Kier molecular flexibility index (Phi) is 4.73. The van der Waals surface area contributed by atoms with E-state index in [-0.39, 0.29) is 30.8 Å². The maximum absolute atomic E-state index is 12.8. The van der Waals surface area contributed by atoms with Gasteiger partial charge in [-0.25, -0.2) is 4.79 Å². The molecule has 1 aliphatic carbocycles. The molecule has 0 bridgehead atoms. The molecular formula is C19H24N4O4. The summed E-state index contributed by atoms with van der Waals surface area (Å²) in [6.45, 7) is 3.78. The average Bonchev–Trinajstić information content (AvgIpc) is 3.42. The van der Waals surface area contributed by atoms with Crippen molar-refractivity contribution in [2.75, 3.05) is 19.6 Å². The minimum Gasteiger partial charge on any atom is -0.408 e. The van der Waals surface area contributed by atoms with Crippen LogP contribution in [0.4, 0.5) is 0 Å². The fourth-order valence-electron chi connectivity index (χ4n) is 3.50. The molecule has 1 atom stereocenters. The van der Waals surface area contributed by atoms with E-state index in [2.05, 4.69) is 10.6 Å². The maximum Gasteiger partial charge on any atom is 0.419 e. The summed E-state index contributed by atoms with van der Waals surface area (Å²) in [5.41, 5.74) is 2.22. The molecule has 2 aromatic rings. The second kappa shape index (κ2) is 7.19. The van der Waals surface area contributed by atoms with E-state index in [0.29, 0.717) is 30.7 Å². The normalized spacial score (nSPS) is 20.0. The summed E-state index contributed by atoms with van der Waals surface area (Å²) < 4.78 is 6.74. The van der Waals surface area contributed by atoms with E-state index < -0.39 is 11.8 Å². The molecule has 2 heterocycles. The Morgan fingerprint density at radius 2 is 2.15 bits per heavy atom. The Morgan fingerprint density at radius 3 is 2.93 bits per heavy atom. The molecule has 27 heavy (non-hydrogen) atoms. The van der Waals surface area contributed by atoms with Gasteiger partial charge in [-0.15, -0.1) is 0 Å². The first-order valence-corrected chi connectivity index (χ1v) is 9.43. The van der Waals surface area contributed by atoms with Gasteiger partial charge in [-0.2, -0.15) is 0 Å². The van der Waals surface area contributed by atoms with E-state index in [1.165, 1.54) is 4.57 Å². The molecule has 2 amide bonds. The Labute approximate surface area is 156 Å². The van der Waals surface area contributed by atoms with Crippen LogP contribution in [0.1, 0.15) is 24.8 Å². The number of rotatable bonds is 5. The van der Waals surface area contributed by atoms with Crippen LogP contribution in [-0.2, 0) is 16.1 Å². The van der Waals surface area contributed by atoms with Gasteiger partial charge in [0.1, 0.15) is 6.04 Å². The van der Waals surface area contributed by atoms with E-state index in [1.807, 2.05) is 19.1 Å². The van der Waals surface area contributed by atoms with Crippen LogP contribution >= 0.6 is 0 Å². The van der Waals surface area contributed by atoms with Crippen LogP contribution in [0.25, 0.3) is 11.1 Å². The van der Waals surface area contributed by atoms with Crippen LogP contribution in [0, 0.1) is 6.92 Å². The largest absolute Gasteiger partial charge is 0.419 e. The molecule has 1 saturated heterocycles. The lowest BCUT2D eigenvalue weighted by Crippen LogP contribution is -2.59. The van der Waals surface area contributed by atoms with E-state index in [1.54, 1.807) is 11.0 Å². The highest BCUT2D eigenvalue weighted by Gasteiger charge is 2.34. The summed E-state index contributed by atoms with van der Waals surface area (Å²) in [5.74, 6) is -0.687. The van der Waals surface area contributed by atoms with Crippen molar-refractivity contribution in [2.24, 2.45) is 0 Å². The molecule has 8 heteroatoms. The Balaban J connectivity index is 1.46. The zero-order valence-electron chi connectivity index (χ0n) is 15.4. The summed E-state index contributed by atoms with van der Waals surface area (Å²) >= 11 is 0. The average molecular weight is 372 g/mol. The Bertz CT molecular complexity index is 927. The molecule has 2 aliphatic rings. The number of oxazole rings is 1. The topological polar surface area (TPSA) is 96.6 Å². The zero-order chi connectivity index (χ0) is 19.0. The van der Waals surface area contributed by atoms with Crippen molar-refractivity contribution < 1.29 is 14.0 Å². The zero-order valence-corrected chi connectivity index (χ0v) is 15.4. The van der Waals surface area contributed by atoms with Gasteiger partial charge in [0.05, 0.1) is 5.52 Å². The van der Waals surface area contributed by atoms with E-state index in [0.717, 1.165) is 18.4 Å². The number of aromatic nitrogens is 1. The quantitative estimate of drug-likeness (QED) is 0.791. The number of benzene rings is 1. The monoisotopic (exact) mass is 372 g/mol. The number of hydrogen-bond donors (Lipinski definition) is 2. The van der Waals surface area contributed by atoms with Gasteiger partial charge in [0.15, 0.2) is 5.58 Å². The third kappa shape index (κ3) is 3.75. The van der Waals surface area contributed by atoms with E-state index in [4.69, 9.17) is 4.42 Å². The third-order valence-corrected chi connectivity index (χ3v) is 5.16. The smallest absolute Gasteiger partial charge is 0.408 e. The molecule has 1 aromatic carbocycles. The van der Waals surface area contributed by atoms with E-state index in [9.17, 15) is 14.4 Å². The first kappa shape index (κ1) is 17.8. The molecule has 4 rings (SSSR count). The van der Waals surface area contributed by atoms with E-state index >= 15 is 0 Å². The fraction of sp³-hybridized carbons (Fsp3) is 0.526. The lowest BCUT2D eigenvalue weighted by atomic mass is 10.1. The summed E-state index contributed by atoms with van der Waals surface area (Å²) in [6.07, 6.45) is 2.17. The van der Waals surface area contributed by atoms with Crippen LogP contribution in [0.5, 0.6) is 0 Å². The van der Waals surface area contributed by atoms with Gasteiger partial charge in [-0.1, -0.05) is 6.07 Å². The molecule has 2 fully saturated rings. The number of carbonyl (C=O) groups is 2. The molecule has 144 valence electrons. The molecule has 1 aliphatic heterocycles. The predicted octanol–water partition coefficient (Wildman–Crippen LogP) is 0.372. The highest BCUT2D eigenvalue weighted by Crippen LogP contribution is 2.20. The van der Waals surface area contributed by atoms with Gasteiger partial charge in [0.2, 0.25) is 11.8 Å². The van der Waals surface area contributed by atoms with Crippen molar-refractivity contribution in [2.45, 2.75) is 44.8 Å². The van der Waals surface area contributed by atoms with Gasteiger partial charge in [-0.05, 0) is 37.5 Å². The van der Waals surface area contributed by atoms with Crippen molar-refractivity contribution in [3.63, 3.8) is 0 Å². The molecule has 0 radical (unpaired) electrons. The number of hydrogen-bond acceptors (Lipinski definition) is 5. The summed E-state index contributed by atoms with van der Waals surface area (Å²) in [4.78, 5) is 39.0.